The third-order valence-corrected chi connectivity index (χ3v) is 6.37. The predicted molar refractivity (Wildman–Crippen MR) is 120 cm³/mol. The Balaban J connectivity index is 1.83. The Morgan fingerprint density at radius 1 is 1.07 bits per heavy atom. The zero-order valence-corrected chi connectivity index (χ0v) is 18.5. The van der Waals surface area contributed by atoms with Gasteiger partial charge in [0.25, 0.3) is 15.9 Å². The maximum absolute atomic E-state index is 13.1. The third-order valence-electron chi connectivity index (χ3n) is 4.11. The second-order valence-electron chi connectivity index (χ2n) is 6.26. The molecule has 9 heteroatoms. The normalized spacial score (nSPS) is 11.7. The van der Waals surface area contributed by atoms with E-state index in [-0.39, 0.29) is 10.7 Å². The molecule has 30 heavy (non-hydrogen) atoms. The number of nitrogens with zero attached hydrogens (tertiary/aromatic N) is 3. The van der Waals surface area contributed by atoms with Gasteiger partial charge < -0.3 is 0 Å². The Kier molecular flexibility index (Phi) is 6.96. The average molecular weight is 487 g/mol. The molecule has 0 spiro atoms. The minimum Gasteiger partial charge on any atom is -0.271 e. The first-order valence-corrected chi connectivity index (χ1v) is 11.2. The Bertz CT molecular complexity index is 1150. The smallest absolute Gasteiger partial charge is 0.265 e. The van der Waals surface area contributed by atoms with Crippen molar-refractivity contribution in [3.8, 4) is 0 Å². The van der Waals surface area contributed by atoms with Crippen molar-refractivity contribution in [2.75, 3.05) is 10.8 Å². The van der Waals surface area contributed by atoms with Crippen molar-refractivity contribution in [2.24, 2.45) is 5.10 Å². The molecule has 1 heterocycles. The highest BCUT2D eigenvalue weighted by atomic mass is 79.9. The van der Waals surface area contributed by atoms with Gasteiger partial charge in [-0.3, -0.25) is 4.79 Å². The van der Waals surface area contributed by atoms with Gasteiger partial charge in [0.15, 0.2) is 0 Å². The lowest BCUT2D eigenvalue weighted by Gasteiger charge is -2.22. The first kappa shape index (κ1) is 21.7. The Labute approximate surface area is 183 Å². The number of nitrogens with one attached hydrogen (secondary N) is 1. The SMILES string of the molecule is C/C(=N/NC(=O)CN(c1ccccn1)S(=O)(=O)c1ccccc1)c1cccc(Br)c1. The van der Waals surface area contributed by atoms with E-state index >= 15 is 0 Å². The standard InChI is InChI=1S/C21H19BrN4O3S/c1-16(17-8-7-9-18(22)14-17)24-25-21(27)15-26(20-12-5-6-13-23-20)30(28,29)19-10-3-2-4-11-19/h2-14H,15H2,1H3,(H,25,27)/b24-16-. The van der Waals surface area contributed by atoms with Crippen molar-refractivity contribution in [2.45, 2.75) is 11.8 Å². The van der Waals surface area contributed by atoms with Gasteiger partial charge in [-0.25, -0.2) is 23.1 Å². The van der Waals surface area contributed by atoms with E-state index in [0.29, 0.717) is 5.71 Å². The summed E-state index contributed by atoms with van der Waals surface area (Å²) in [4.78, 5) is 16.7. The summed E-state index contributed by atoms with van der Waals surface area (Å²) in [6.45, 7) is 1.28. The molecular formula is C21H19BrN4O3S. The summed E-state index contributed by atoms with van der Waals surface area (Å²) >= 11 is 3.39. The van der Waals surface area contributed by atoms with Crippen LogP contribution in [0.25, 0.3) is 0 Å². The number of hydrazone groups is 1. The van der Waals surface area contributed by atoms with Crippen LogP contribution in [0.3, 0.4) is 0 Å². The monoisotopic (exact) mass is 486 g/mol. The summed E-state index contributed by atoms with van der Waals surface area (Å²) < 4.78 is 28.1. The first-order chi connectivity index (χ1) is 14.4. The molecule has 0 saturated heterocycles. The Morgan fingerprint density at radius 2 is 1.80 bits per heavy atom. The molecule has 1 N–H and O–H groups in total. The number of amides is 1. The Morgan fingerprint density at radius 3 is 2.47 bits per heavy atom. The van der Waals surface area contributed by atoms with Gasteiger partial charge >= 0.3 is 0 Å². The molecule has 0 atom stereocenters. The van der Waals surface area contributed by atoms with E-state index in [1.165, 1.54) is 24.4 Å². The van der Waals surface area contributed by atoms with E-state index < -0.39 is 22.5 Å². The first-order valence-electron chi connectivity index (χ1n) is 8.96. The largest absolute Gasteiger partial charge is 0.271 e. The van der Waals surface area contributed by atoms with E-state index in [4.69, 9.17) is 0 Å². The minimum absolute atomic E-state index is 0.0669. The molecular weight excluding hydrogens is 468 g/mol. The summed E-state index contributed by atoms with van der Waals surface area (Å²) in [6, 6.07) is 20.2. The number of sulfonamides is 1. The van der Waals surface area contributed by atoms with Crippen molar-refractivity contribution in [1.82, 2.24) is 10.4 Å². The summed E-state index contributed by atoms with van der Waals surface area (Å²) in [7, 11) is -3.99. The molecule has 154 valence electrons. The molecule has 0 radical (unpaired) electrons. The number of aromatic nitrogens is 1. The molecule has 0 aliphatic rings. The number of halogens is 1. The van der Waals surface area contributed by atoms with Crippen LogP contribution in [0.2, 0.25) is 0 Å². The molecule has 0 aliphatic heterocycles. The molecule has 3 rings (SSSR count). The number of carbonyl (C=O) groups is 1. The van der Waals surface area contributed by atoms with Gasteiger partial charge in [0.1, 0.15) is 12.4 Å². The van der Waals surface area contributed by atoms with Crippen molar-refractivity contribution in [1.29, 1.82) is 0 Å². The van der Waals surface area contributed by atoms with Crippen LogP contribution in [-0.4, -0.2) is 31.6 Å². The van der Waals surface area contributed by atoms with Crippen molar-refractivity contribution in [3.63, 3.8) is 0 Å². The lowest BCUT2D eigenvalue weighted by atomic mass is 10.1. The van der Waals surface area contributed by atoms with Gasteiger partial charge in [-0.2, -0.15) is 5.10 Å². The maximum atomic E-state index is 13.1. The van der Waals surface area contributed by atoms with Gasteiger partial charge in [0, 0.05) is 10.7 Å². The topological polar surface area (TPSA) is 91.7 Å². The van der Waals surface area contributed by atoms with Crippen LogP contribution in [0.15, 0.2) is 93.5 Å². The van der Waals surface area contributed by atoms with Gasteiger partial charge in [-0.1, -0.05) is 52.3 Å². The molecule has 7 nitrogen and oxygen atoms in total. The van der Waals surface area contributed by atoms with Crippen LogP contribution in [0.4, 0.5) is 5.82 Å². The molecule has 0 fully saturated rings. The second kappa shape index (κ2) is 9.64. The number of carbonyl (C=O) groups excluding carboxylic acids is 1. The summed E-state index contributed by atoms with van der Waals surface area (Å²) in [5, 5.41) is 4.09. The van der Waals surface area contributed by atoms with Gasteiger partial charge in [-0.15, -0.1) is 0 Å². The zero-order valence-electron chi connectivity index (χ0n) is 16.1. The van der Waals surface area contributed by atoms with Gasteiger partial charge in [0.2, 0.25) is 0 Å². The fourth-order valence-electron chi connectivity index (χ4n) is 2.60. The summed E-state index contributed by atoms with van der Waals surface area (Å²) in [6.07, 6.45) is 1.47. The second-order valence-corrected chi connectivity index (χ2v) is 9.03. The van der Waals surface area contributed by atoms with E-state index in [1.807, 2.05) is 24.3 Å². The molecule has 0 bridgehead atoms. The molecule has 1 aromatic heterocycles. The highest BCUT2D eigenvalue weighted by molar-refractivity contribution is 9.10. The van der Waals surface area contributed by atoms with Crippen molar-refractivity contribution >= 4 is 43.4 Å². The lowest BCUT2D eigenvalue weighted by molar-refractivity contribution is -0.119. The molecule has 1 amide bonds. The summed E-state index contributed by atoms with van der Waals surface area (Å²) in [5.41, 5.74) is 3.83. The number of rotatable bonds is 7. The quantitative estimate of drug-likeness (QED) is 0.408. The number of anilines is 1. The van der Waals surface area contributed by atoms with Crippen LogP contribution in [-0.2, 0) is 14.8 Å². The molecule has 0 unspecified atom stereocenters. The highest BCUT2D eigenvalue weighted by Gasteiger charge is 2.27. The van der Waals surface area contributed by atoms with E-state index in [9.17, 15) is 13.2 Å². The van der Waals surface area contributed by atoms with Crippen LogP contribution in [0.5, 0.6) is 0 Å². The summed E-state index contributed by atoms with van der Waals surface area (Å²) in [5.74, 6) is -0.446. The fourth-order valence-corrected chi connectivity index (χ4v) is 4.40. The molecule has 2 aromatic carbocycles. The van der Waals surface area contributed by atoms with Gasteiger partial charge in [0.05, 0.1) is 10.6 Å². The number of hydrogen-bond donors (Lipinski definition) is 1. The highest BCUT2D eigenvalue weighted by Crippen LogP contribution is 2.21. The molecule has 3 aromatic rings. The maximum Gasteiger partial charge on any atom is 0.265 e. The third kappa shape index (κ3) is 5.31. The van der Waals surface area contributed by atoms with E-state index in [0.717, 1.165) is 14.3 Å². The molecule has 0 aliphatic carbocycles. The zero-order chi connectivity index (χ0) is 21.6. The predicted octanol–water partition coefficient (Wildman–Crippen LogP) is 3.58. The van der Waals surface area contributed by atoms with Crippen LogP contribution in [0, 0.1) is 0 Å². The van der Waals surface area contributed by atoms with Gasteiger partial charge in [-0.05, 0) is 48.9 Å². The van der Waals surface area contributed by atoms with E-state index in [1.54, 1.807) is 37.3 Å². The molecule has 0 saturated carbocycles. The number of hydrogen-bond acceptors (Lipinski definition) is 5. The lowest BCUT2D eigenvalue weighted by Crippen LogP contribution is -2.40. The number of benzene rings is 2. The van der Waals surface area contributed by atoms with Crippen molar-refractivity contribution < 1.29 is 13.2 Å². The fraction of sp³-hybridized carbons (Fsp3) is 0.0952. The van der Waals surface area contributed by atoms with Crippen molar-refractivity contribution in [3.05, 3.63) is 89.0 Å². The van der Waals surface area contributed by atoms with Crippen LogP contribution in [0.1, 0.15) is 12.5 Å². The van der Waals surface area contributed by atoms with Crippen LogP contribution >= 0.6 is 15.9 Å². The number of pyridine rings is 1. The Hall–Kier alpha value is -3.04. The minimum atomic E-state index is -3.99. The average Bonchev–Trinajstić information content (AvgIpc) is 2.77. The van der Waals surface area contributed by atoms with E-state index in [2.05, 4.69) is 31.4 Å². The van der Waals surface area contributed by atoms with Crippen LogP contribution < -0.4 is 9.73 Å².